The lowest BCUT2D eigenvalue weighted by Gasteiger charge is -2.30. The zero-order valence-electron chi connectivity index (χ0n) is 31.9. The van der Waals surface area contributed by atoms with Crippen molar-refractivity contribution in [2.24, 2.45) is 22.5 Å². The fourth-order valence-corrected chi connectivity index (χ4v) is 6.68. The Bertz CT molecular complexity index is 1730. The largest absolute Gasteiger partial charge is 0.370 e. The van der Waals surface area contributed by atoms with Crippen LogP contribution in [0.5, 0.6) is 0 Å². The first-order valence-electron chi connectivity index (χ1n) is 18.5. The van der Waals surface area contributed by atoms with Gasteiger partial charge in [0.2, 0.25) is 41.4 Å². The van der Waals surface area contributed by atoms with Gasteiger partial charge in [0.1, 0.15) is 24.2 Å². The molecule has 1 fully saturated rings. The van der Waals surface area contributed by atoms with Gasteiger partial charge in [-0.15, -0.1) is 0 Å². The Hall–Kier alpha value is -5.45. The summed E-state index contributed by atoms with van der Waals surface area (Å²) in [6.07, 6.45) is 2.43. The quantitative estimate of drug-likeness (QED) is 0.0568. The van der Waals surface area contributed by atoms with Crippen molar-refractivity contribution < 1.29 is 33.6 Å². The number of carbonyl (C=O) groups is 7. The molecule has 17 nitrogen and oxygen atoms in total. The number of hydrogen-bond acceptors (Lipinski definition) is 9. The molecule has 0 aliphatic carbocycles. The van der Waals surface area contributed by atoms with Gasteiger partial charge in [0, 0.05) is 30.7 Å². The summed E-state index contributed by atoms with van der Waals surface area (Å²) in [6.45, 7) is 3.90. The van der Waals surface area contributed by atoms with Crippen LogP contribution in [0.25, 0.3) is 10.4 Å². The molecule has 8 N–H and O–H groups in total. The van der Waals surface area contributed by atoms with Gasteiger partial charge in [-0.2, -0.15) is 11.8 Å². The zero-order chi connectivity index (χ0) is 41.2. The van der Waals surface area contributed by atoms with Crippen LogP contribution in [0.1, 0.15) is 57.1 Å². The topological polar surface area (TPSA) is 272 Å². The van der Waals surface area contributed by atoms with Crippen LogP contribution >= 0.6 is 11.8 Å². The number of nitrogens with zero attached hydrogens (tertiary/aromatic N) is 4. The fraction of sp³-hybridized carbons (Fsp3) is 0.500. The average Bonchev–Trinajstić information content (AvgIpc) is 3.52. The Morgan fingerprint density at radius 1 is 0.857 bits per heavy atom. The summed E-state index contributed by atoms with van der Waals surface area (Å²) in [6, 6.07) is 11.3. The first kappa shape index (κ1) is 44.9. The molecule has 0 unspecified atom stereocenters. The third kappa shape index (κ3) is 14.3. The number of rotatable bonds is 22. The number of thioether (sulfide) groups is 1. The van der Waals surface area contributed by atoms with Gasteiger partial charge in [-0.3, -0.25) is 33.6 Å². The van der Waals surface area contributed by atoms with Crippen LogP contribution < -0.4 is 32.7 Å². The number of nitrogens with one attached hydrogen (secondary N) is 4. The Balaban J connectivity index is 1.83. The predicted octanol–water partition coefficient (Wildman–Crippen LogP) is 1.24. The van der Waals surface area contributed by atoms with Crippen LogP contribution in [0.2, 0.25) is 0 Å². The molecule has 1 saturated heterocycles. The maximum Gasteiger partial charge on any atom is 0.245 e. The minimum Gasteiger partial charge on any atom is -0.370 e. The summed E-state index contributed by atoms with van der Waals surface area (Å²) < 4.78 is 0. The van der Waals surface area contributed by atoms with E-state index >= 15 is 0 Å². The number of carbonyl (C=O) groups excluding carboxylic acids is 7. The van der Waals surface area contributed by atoms with Crippen molar-refractivity contribution in [2.75, 3.05) is 18.6 Å². The molecular weight excluding hydrogens is 741 g/mol. The van der Waals surface area contributed by atoms with Crippen LogP contribution in [0, 0.1) is 5.92 Å². The molecule has 0 saturated carbocycles. The first-order chi connectivity index (χ1) is 26.7. The lowest BCUT2D eigenvalue weighted by molar-refractivity contribution is -0.141. The summed E-state index contributed by atoms with van der Waals surface area (Å²) >= 11 is 1.45. The average molecular weight is 793 g/mol. The van der Waals surface area contributed by atoms with E-state index in [1.165, 1.54) is 16.7 Å². The van der Waals surface area contributed by atoms with E-state index in [4.69, 9.17) is 17.0 Å². The van der Waals surface area contributed by atoms with Crippen molar-refractivity contribution >= 4 is 53.1 Å². The zero-order valence-corrected chi connectivity index (χ0v) is 32.7. The predicted molar refractivity (Wildman–Crippen MR) is 211 cm³/mol. The molecule has 302 valence electrons. The second kappa shape index (κ2) is 22.8. The Labute approximate surface area is 330 Å². The van der Waals surface area contributed by atoms with Gasteiger partial charge in [-0.05, 0) is 65.4 Å². The lowest BCUT2D eigenvalue weighted by atomic mass is 10.0. The highest BCUT2D eigenvalue weighted by Gasteiger charge is 2.41. The molecule has 2 aromatic carbocycles. The number of nitrogens with two attached hydrogens (primary N) is 2. The molecule has 7 amide bonds. The summed E-state index contributed by atoms with van der Waals surface area (Å²) in [5.41, 5.74) is 21.4. The number of likely N-dealkylation sites (tertiary alicyclic amines) is 1. The standard InChI is InChI=1S/C38H52N10O7S/c1-23(2)20-31(37(54)42-27(17-19-56-3)36(53)46-47-41)48-18-16-28(38(48)55)43-34(51)30(22-25-12-8-5-9-13-25)45-35(52)29(21-24-10-6-4-7-11-24)44-33(50)26(39)14-15-32(40)49/h4-13,23,26-31H,14-22,39H2,1-3H3,(H2,40,49)(H,42,54)(H,43,51)(H,44,50)(H,45,52)/t26-,27-,28+,29-,30-,31-/m0/s1. The highest BCUT2D eigenvalue weighted by Crippen LogP contribution is 2.21. The van der Waals surface area contributed by atoms with Gasteiger partial charge >= 0.3 is 0 Å². The first-order valence-corrected chi connectivity index (χ1v) is 19.8. The Kier molecular flexibility index (Phi) is 18.3. The molecule has 0 bridgehead atoms. The Morgan fingerprint density at radius 3 is 1.95 bits per heavy atom. The summed E-state index contributed by atoms with van der Waals surface area (Å²) in [5.74, 6) is -4.09. The van der Waals surface area contributed by atoms with E-state index in [0.717, 1.165) is 5.56 Å². The lowest BCUT2D eigenvalue weighted by Crippen LogP contribution is -2.58. The fourth-order valence-electron chi connectivity index (χ4n) is 6.21. The maximum atomic E-state index is 14.0. The van der Waals surface area contributed by atoms with Crippen LogP contribution in [-0.4, -0.2) is 101 Å². The second-order valence-corrected chi connectivity index (χ2v) is 15.0. The van der Waals surface area contributed by atoms with Crippen molar-refractivity contribution in [3.8, 4) is 0 Å². The van der Waals surface area contributed by atoms with Crippen LogP contribution in [0.15, 0.2) is 65.8 Å². The van der Waals surface area contributed by atoms with Crippen LogP contribution in [0.3, 0.4) is 0 Å². The van der Waals surface area contributed by atoms with Gasteiger partial charge in [0.15, 0.2) is 0 Å². The van der Waals surface area contributed by atoms with Gasteiger partial charge < -0.3 is 37.6 Å². The van der Waals surface area contributed by atoms with Crippen molar-refractivity contribution in [2.45, 2.75) is 95.0 Å². The van der Waals surface area contributed by atoms with Crippen LogP contribution in [0.4, 0.5) is 0 Å². The van der Waals surface area contributed by atoms with Crippen molar-refractivity contribution in [1.82, 2.24) is 26.2 Å². The van der Waals surface area contributed by atoms with Crippen molar-refractivity contribution in [3.05, 3.63) is 82.2 Å². The highest BCUT2D eigenvalue weighted by atomic mass is 32.2. The second-order valence-electron chi connectivity index (χ2n) is 14.0. The molecular formula is C38H52N10O7S. The molecule has 1 heterocycles. The molecule has 0 aromatic heterocycles. The van der Waals surface area contributed by atoms with E-state index in [0.29, 0.717) is 11.3 Å². The van der Waals surface area contributed by atoms with E-state index in [-0.39, 0.29) is 57.4 Å². The van der Waals surface area contributed by atoms with Gasteiger partial charge in [-0.25, -0.2) is 0 Å². The third-order valence-electron chi connectivity index (χ3n) is 9.17. The molecule has 0 radical (unpaired) electrons. The number of azide groups is 1. The number of amides is 7. The highest BCUT2D eigenvalue weighted by molar-refractivity contribution is 7.98. The van der Waals surface area contributed by atoms with E-state index in [9.17, 15) is 33.6 Å². The smallest absolute Gasteiger partial charge is 0.245 e. The summed E-state index contributed by atoms with van der Waals surface area (Å²) in [7, 11) is 0. The molecule has 6 atom stereocenters. The van der Waals surface area contributed by atoms with Gasteiger partial charge in [0.25, 0.3) is 0 Å². The normalized spacial score (nSPS) is 16.4. The third-order valence-corrected chi connectivity index (χ3v) is 9.81. The Morgan fingerprint density at radius 2 is 1.41 bits per heavy atom. The van der Waals surface area contributed by atoms with Gasteiger partial charge in [-0.1, -0.05) is 74.5 Å². The van der Waals surface area contributed by atoms with Crippen molar-refractivity contribution in [1.29, 1.82) is 0 Å². The number of primary amides is 1. The van der Waals surface area contributed by atoms with E-state index in [1.54, 1.807) is 60.7 Å². The SMILES string of the molecule is CSCC[C@H](NC(=O)[C@H](CC(C)C)N1CC[C@@H](NC(=O)[C@H](Cc2ccccc2)NC(=O)[C@H](Cc2ccccc2)NC(=O)[C@@H](N)CCC(N)=O)C1=O)C(=O)N=[N+]=[N-]. The molecule has 3 rings (SSSR count). The summed E-state index contributed by atoms with van der Waals surface area (Å²) in [4.78, 5) is 96.2. The van der Waals surface area contributed by atoms with Gasteiger partial charge in [0.05, 0.1) is 12.1 Å². The summed E-state index contributed by atoms with van der Waals surface area (Å²) in [5, 5.41) is 14.0. The van der Waals surface area contributed by atoms with Crippen LogP contribution in [-0.2, 0) is 46.4 Å². The molecule has 56 heavy (non-hydrogen) atoms. The number of benzene rings is 2. The molecule has 18 heteroatoms. The number of hydrogen-bond donors (Lipinski definition) is 6. The van der Waals surface area contributed by atoms with E-state index in [1.807, 2.05) is 20.1 Å². The molecule has 1 aliphatic rings. The molecule has 0 spiro atoms. The van der Waals surface area contributed by atoms with Crippen molar-refractivity contribution in [3.63, 3.8) is 0 Å². The van der Waals surface area contributed by atoms with E-state index < -0.39 is 77.6 Å². The van der Waals surface area contributed by atoms with E-state index in [2.05, 4.69) is 31.3 Å². The minimum absolute atomic E-state index is 0.0293. The minimum atomic E-state index is -1.19. The maximum absolute atomic E-state index is 14.0. The monoisotopic (exact) mass is 792 g/mol. The molecule has 1 aliphatic heterocycles. The molecule has 2 aromatic rings.